The zero-order valence-electron chi connectivity index (χ0n) is 13.1. The number of benzene rings is 2. The maximum Gasteiger partial charge on any atom is 0.339 e. The fourth-order valence-corrected chi connectivity index (χ4v) is 2.73. The highest BCUT2D eigenvalue weighted by atomic mass is 32.2. The average molecular weight is 369 g/mol. The zero-order chi connectivity index (χ0) is 18.4. The molecule has 0 aromatic heterocycles. The van der Waals surface area contributed by atoms with Crippen molar-refractivity contribution in [3.05, 3.63) is 59.4 Å². The molecule has 0 saturated carbocycles. The summed E-state index contributed by atoms with van der Waals surface area (Å²) >= 11 is 1.44. The number of amides is 1. The van der Waals surface area contributed by atoms with Gasteiger partial charge in [0.2, 0.25) is 0 Å². The molecular weight excluding hydrogens is 355 g/mol. The molecule has 2 rings (SSSR count). The maximum absolute atomic E-state index is 13.5. The van der Waals surface area contributed by atoms with Gasteiger partial charge in [-0.2, -0.15) is 0 Å². The first-order valence-electron chi connectivity index (χ1n) is 7.26. The molecule has 0 spiro atoms. The van der Waals surface area contributed by atoms with Crippen LogP contribution in [0.1, 0.15) is 17.3 Å². The molecular formula is C17H14F3NO3S. The van der Waals surface area contributed by atoms with Gasteiger partial charge in [0.15, 0.2) is 24.1 Å². The molecule has 0 aliphatic rings. The molecule has 0 heterocycles. The number of esters is 1. The first-order chi connectivity index (χ1) is 11.9. The quantitative estimate of drug-likeness (QED) is 0.475. The number of hydrogen-bond donors (Lipinski definition) is 1. The predicted octanol–water partition coefficient (Wildman–Crippen LogP) is 4.01. The maximum atomic E-state index is 13.5. The van der Waals surface area contributed by atoms with Crippen molar-refractivity contribution < 1.29 is 27.5 Å². The fourth-order valence-electron chi connectivity index (χ4n) is 1.93. The van der Waals surface area contributed by atoms with Crippen LogP contribution < -0.4 is 5.32 Å². The van der Waals surface area contributed by atoms with Crippen molar-refractivity contribution in [2.75, 3.05) is 17.7 Å². The molecule has 0 aliphatic heterocycles. The summed E-state index contributed by atoms with van der Waals surface area (Å²) in [5.41, 5.74) is -0.233. The smallest absolute Gasteiger partial charge is 0.339 e. The van der Waals surface area contributed by atoms with Crippen LogP contribution >= 0.6 is 11.8 Å². The lowest BCUT2D eigenvalue weighted by atomic mass is 10.2. The second kappa shape index (κ2) is 8.57. The summed E-state index contributed by atoms with van der Waals surface area (Å²) in [5.74, 6) is -5.42. The van der Waals surface area contributed by atoms with E-state index in [1.54, 1.807) is 24.3 Å². The summed E-state index contributed by atoms with van der Waals surface area (Å²) in [5, 5.41) is 2.02. The van der Waals surface area contributed by atoms with Crippen LogP contribution in [0.4, 0.5) is 18.9 Å². The lowest BCUT2D eigenvalue weighted by Crippen LogP contribution is -2.22. The van der Waals surface area contributed by atoms with Crippen LogP contribution in [0.25, 0.3) is 0 Å². The Morgan fingerprint density at radius 1 is 1.08 bits per heavy atom. The van der Waals surface area contributed by atoms with Crippen LogP contribution in [-0.2, 0) is 9.53 Å². The minimum Gasteiger partial charge on any atom is -0.452 e. The van der Waals surface area contributed by atoms with Gasteiger partial charge in [-0.25, -0.2) is 18.0 Å². The number of carbonyl (C=O) groups is 2. The number of anilines is 1. The summed E-state index contributed by atoms with van der Waals surface area (Å²) in [7, 11) is 0. The van der Waals surface area contributed by atoms with Crippen molar-refractivity contribution >= 4 is 29.3 Å². The Labute approximate surface area is 146 Å². The van der Waals surface area contributed by atoms with Crippen LogP contribution in [0.5, 0.6) is 0 Å². The van der Waals surface area contributed by atoms with Gasteiger partial charge in [0.1, 0.15) is 0 Å². The molecule has 0 fully saturated rings. The van der Waals surface area contributed by atoms with Gasteiger partial charge < -0.3 is 10.1 Å². The average Bonchev–Trinajstić information content (AvgIpc) is 2.61. The lowest BCUT2D eigenvalue weighted by molar-refractivity contribution is -0.119. The number of thioether (sulfide) groups is 1. The molecule has 1 amide bonds. The standard InChI is InChI=1S/C17H14F3NO3S/c1-2-25-13-6-4-3-5-10(13)17(23)24-9-14(22)21-12-8-7-11(18)15(19)16(12)20/h3-8H,2,9H2,1H3,(H,21,22). The Morgan fingerprint density at radius 3 is 2.52 bits per heavy atom. The van der Waals surface area contributed by atoms with Crippen molar-refractivity contribution in [2.24, 2.45) is 0 Å². The van der Waals surface area contributed by atoms with Crippen molar-refractivity contribution in [3.8, 4) is 0 Å². The summed E-state index contributed by atoms with van der Waals surface area (Å²) in [6.07, 6.45) is 0. The Balaban J connectivity index is 1.99. The largest absolute Gasteiger partial charge is 0.452 e. The van der Waals surface area contributed by atoms with Crippen LogP contribution in [0.15, 0.2) is 41.3 Å². The number of halogens is 3. The van der Waals surface area contributed by atoms with E-state index in [0.29, 0.717) is 16.5 Å². The molecule has 132 valence electrons. The number of hydrogen-bond acceptors (Lipinski definition) is 4. The number of carbonyl (C=O) groups excluding carboxylic acids is 2. The van der Waals surface area contributed by atoms with Crippen molar-refractivity contribution in [2.45, 2.75) is 11.8 Å². The third-order valence-electron chi connectivity index (χ3n) is 3.05. The first-order valence-corrected chi connectivity index (χ1v) is 8.25. The molecule has 0 aliphatic carbocycles. The Hall–Kier alpha value is -2.48. The van der Waals surface area contributed by atoms with Gasteiger partial charge in [0, 0.05) is 4.90 Å². The van der Waals surface area contributed by atoms with Gasteiger partial charge in [-0.05, 0) is 30.0 Å². The minimum absolute atomic E-state index is 0.307. The van der Waals surface area contributed by atoms with Crippen LogP contribution in [0.2, 0.25) is 0 Å². The highest BCUT2D eigenvalue weighted by Crippen LogP contribution is 2.23. The SMILES string of the molecule is CCSc1ccccc1C(=O)OCC(=O)Nc1ccc(F)c(F)c1F. The molecule has 2 aromatic carbocycles. The Kier molecular flexibility index (Phi) is 6.46. The van der Waals surface area contributed by atoms with E-state index in [-0.39, 0.29) is 0 Å². The normalized spacial score (nSPS) is 10.4. The van der Waals surface area contributed by atoms with E-state index in [1.807, 2.05) is 12.2 Å². The van der Waals surface area contributed by atoms with Gasteiger partial charge in [-0.3, -0.25) is 4.79 Å². The van der Waals surface area contributed by atoms with E-state index in [0.717, 1.165) is 11.8 Å². The summed E-state index contributed by atoms with van der Waals surface area (Å²) in [6, 6.07) is 8.30. The second-order valence-electron chi connectivity index (χ2n) is 4.78. The van der Waals surface area contributed by atoms with E-state index in [1.165, 1.54) is 11.8 Å². The minimum atomic E-state index is -1.69. The van der Waals surface area contributed by atoms with E-state index in [9.17, 15) is 22.8 Å². The molecule has 0 saturated heterocycles. The van der Waals surface area contributed by atoms with Crippen LogP contribution in [0, 0.1) is 17.5 Å². The van der Waals surface area contributed by atoms with Crippen LogP contribution in [0.3, 0.4) is 0 Å². The first kappa shape index (κ1) is 18.9. The summed E-state index contributed by atoms with van der Waals surface area (Å²) in [4.78, 5) is 24.5. The molecule has 0 unspecified atom stereocenters. The molecule has 8 heteroatoms. The molecule has 2 aromatic rings. The van der Waals surface area contributed by atoms with E-state index >= 15 is 0 Å². The Morgan fingerprint density at radius 2 is 1.80 bits per heavy atom. The van der Waals surface area contributed by atoms with Crippen LogP contribution in [-0.4, -0.2) is 24.2 Å². The topological polar surface area (TPSA) is 55.4 Å². The monoisotopic (exact) mass is 369 g/mol. The third-order valence-corrected chi connectivity index (χ3v) is 4.01. The zero-order valence-corrected chi connectivity index (χ0v) is 14.0. The number of ether oxygens (including phenoxy) is 1. The van der Waals surface area contributed by atoms with E-state index in [2.05, 4.69) is 0 Å². The molecule has 25 heavy (non-hydrogen) atoms. The molecule has 4 nitrogen and oxygen atoms in total. The van der Waals surface area contributed by atoms with Gasteiger partial charge >= 0.3 is 5.97 Å². The number of rotatable bonds is 6. The molecule has 0 bridgehead atoms. The summed E-state index contributed by atoms with van der Waals surface area (Å²) < 4.78 is 44.3. The molecule has 1 N–H and O–H groups in total. The lowest BCUT2D eigenvalue weighted by Gasteiger charge is -2.10. The van der Waals surface area contributed by atoms with Gasteiger partial charge in [0.05, 0.1) is 11.3 Å². The second-order valence-corrected chi connectivity index (χ2v) is 6.08. The predicted molar refractivity (Wildman–Crippen MR) is 88.1 cm³/mol. The molecule has 0 radical (unpaired) electrons. The fraction of sp³-hybridized carbons (Fsp3) is 0.176. The van der Waals surface area contributed by atoms with Crippen molar-refractivity contribution in [3.63, 3.8) is 0 Å². The third kappa shape index (κ3) is 4.76. The summed E-state index contributed by atoms with van der Waals surface area (Å²) in [6.45, 7) is 1.24. The van der Waals surface area contributed by atoms with E-state index in [4.69, 9.17) is 4.74 Å². The highest BCUT2D eigenvalue weighted by Gasteiger charge is 2.17. The number of nitrogens with one attached hydrogen (secondary N) is 1. The van der Waals surface area contributed by atoms with Gasteiger partial charge in [0.25, 0.3) is 5.91 Å². The van der Waals surface area contributed by atoms with Gasteiger partial charge in [-0.15, -0.1) is 11.8 Å². The Bertz CT molecular complexity index is 799. The van der Waals surface area contributed by atoms with Crippen molar-refractivity contribution in [1.82, 2.24) is 0 Å². The van der Waals surface area contributed by atoms with Crippen molar-refractivity contribution in [1.29, 1.82) is 0 Å². The molecule has 0 atom stereocenters. The van der Waals surface area contributed by atoms with E-state index < -0.39 is 41.6 Å². The highest BCUT2D eigenvalue weighted by molar-refractivity contribution is 7.99. The van der Waals surface area contributed by atoms with Gasteiger partial charge in [-0.1, -0.05) is 19.1 Å².